The lowest BCUT2D eigenvalue weighted by Crippen LogP contribution is -2.56. The first-order valence-electron chi connectivity index (χ1n) is 22.0. The standard InChI is InChI=1S/C25H30N2O8.C14H20N2O3.C11H11ClO5/c1-14-17(8-9-18-21(14)34-11-10-33-18)23(29)26-27(25(3,4)5)24(30)16-12-19(31-6)22(35-15(2)28)20(13-16)32-7;1-9-10(13(17)15-16-14(2,3)4)5-6-11-12(9)19-8-7-18-11;1-6(13)17-10-8(15-2)4-7(11(12)14)5-9(10)16-3/h8-9,12-13H,10-11H2,1-7H3,(H,26,29);5-6,16H,7-8H2,1-4H3,(H,15,17);4-5H,1-3H3. The molecule has 0 fully saturated rings. The van der Waals surface area contributed by atoms with Gasteiger partial charge in [-0.3, -0.25) is 39.6 Å². The van der Waals surface area contributed by atoms with E-state index < -0.39 is 34.5 Å². The second-order valence-electron chi connectivity index (χ2n) is 17.5. The quantitative estimate of drug-likeness (QED) is 0.0588. The molecule has 0 spiro atoms. The fourth-order valence-electron chi connectivity index (χ4n) is 6.61. The van der Waals surface area contributed by atoms with Crippen LogP contribution in [-0.4, -0.2) is 106 Å². The van der Waals surface area contributed by atoms with Crippen LogP contribution in [0.25, 0.3) is 0 Å². The van der Waals surface area contributed by atoms with E-state index in [-0.39, 0.29) is 57.1 Å². The lowest BCUT2D eigenvalue weighted by molar-refractivity contribution is -0.133. The van der Waals surface area contributed by atoms with Crippen LogP contribution in [0.1, 0.15) is 108 Å². The van der Waals surface area contributed by atoms with Crippen molar-refractivity contribution in [2.24, 2.45) is 0 Å². The Kier molecular flexibility index (Phi) is 19.3. The third kappa shape index (κ3) is 14.8. The normalized spacial score (nSPS) is 12.2. The predicted molar refractivity (Wildman–Crippen MR) is 260 cm³/mol. The number of hydrogen-bond acceptors (Lipinski definition) is 17. The minimum Gasteiger partial charge on any atom is -0.493 e. The van der Waals surface area contributed by atoms with Crippen LogP contribution in [0.15, 0.2) is 48.5 Å². The lowest BCUT2D eigenvalue weighted by atomic mass is 10.0. The van der Waals surface area contributed by atoms with E-state index in [4.69, 9.17) is 59.0 Å². The number of hydrogen-bond donors (Lipinski definition) is 3. The van der Waals surface area contributed by atoms with Gasteiger partial charge in [0.25, 0.3) is 23.0 Å². The summed E-state index contributed by atoms with van der Waals surface area (Å²) in [5, 5.41) is 0.571. The number of hydrazine groups is 2. The molecule has 384 valence electrons. The molecule has 2 aliphatic rings. The van der Waals surface area contributed by atoms with Gasteiger partial charge in [-0.2, -0.15) is 0 Å². The van der Waals surface area contributed by atoms with Crippen molar-refractivity contribution < 1.29 is 76.1 Å². The van der Waals surface area contributed by atoms with E-state index in [1.165, 1.54) is 71.6 Å². The summed E-state index contributed by atoms with van der Waals surface area (Å²) in [4.78, 5) is 72.5. The number of halogens is 1. The van der Waals surface area contributed by atoms with Crippen LogP contribution >= 0.6 is 11.6 Å². The number of amides is 3. The van der Waals surface area contributed by atoms with Crippen LogP contribution in [0, 0.1) is 13.8 Å². The molecule has 71 heavy (non-hydrogen) atoms. The van der Waals surface area contributed by atoms with Gasteiger partial charge in [0.1, 0.15) is 26.4 Å². The summed E-state index contributed by atoms with van der Waals surface area (Å²) in [7, 11) is 5.52. The molecule has 4 aromatic rings. The fourth-order valence-corrected chi connectivity index (χ4v) is 6.72. The molecular formula is C50H61ClN4O16. The lowest BCUT2D eigenvalue weighted by Gasteiger charge is -2.36. The molecule has 20 nitrogen and oxygen atoms in total. The topological polar surface area (TPSA) is 234 Å². The molecule has 3 amide bonds. The van der Waals surface area contributed by atoms with Crippen LogP contribution in [0.2, 0.25) is 0 Å². The SMILES string of the molecule is COc1cc(C(=O)Cl)cc(OC)c1OC(C)=O.COc1cc(C(=O)N(NC(=O)c2ccc3c(c2C)OCCO3)C(C)(C)C)cc(OC)c1OC(C)=O.Cc1c(C(=O)NNC(C)(C)C)ccc2c1OCCO2. The van der Waals surface area contributed by atoms with E-state index in [0.717, 1.165) is 5.56 Å². The number of methoxy groups -OCH3 is 4. The summed E-state index contributed by atoms with van der Waals surface area (Å²) in [5.74, 6) is 0.984. The highest BCUT2D eigenvalue weighted by molar-refractivity contribution is 6.67. The number of esters is 2. The van der Waals surface area contributed by atoms with E-state index in [1.54, 1.807) is 52.0 Å². The number of fused-ring (bicyclic) bond motifs is 2. The monoisotopic (exact) mass is 1010 g/mol. The van der Waals surface area contributed by atoms with Crippen molar-refractivity contribution in [3.8, 4) is 57.5 Å². The van der Waals surface area contributed by atoms with Crippen LogP contribution in [-0.2, 0) is 9.59 Å². The second-order valence-corrected chi connectivity index (χ2v) is 17.8. The number of rotatable bonds is 11. The summed E-state index contributed by atoms with van der Waals surface area (Å²) < 4.78 is 53.1. The Balaban J connectivity index is 0.000000256. The zero-order chi connectivity index (χ0) is 53.0. The zero-order valence-electron chi connectivity index (χ0n) is 42.3. The highest BCUT2D eigenvalue weighted by Crippen LogP contribution is 2.41. The number of carbonyl (C=O) groups excluding carboxylic acids is 6. The maximum absolute atomic E-state index is 13.6. The van der Waals surface area contributed by atoms with Crippen LogP contribution in [0.5, 0.6) is 57.5 Å². The van der Waals surface area contributed by atoms with E-state index in [1.807, 2.05) is 27.7 Å². The maximum Gasteiger partial charge on any atom is 0.308 e. The Hall–Kier alpha value is -7.45. The van der Waals surface area contributed by atoms with E-state index in [0.29, 0.717) is 66.1 Å². The summed E-state index contributed by atoms with van der Waals surface area (Å²) in [6.45, 7) is 19.3. The smallest absolute Gasteiger partial charge is 0.308 e. The van der Waals surface area contributed by atoms with Gasteiger partial charge in [-0.25, -0.2) is 10.4 Å². The second kappa shape index (κ2) is 24.4. The summed E-state index contributed by atoms with van der Waals surface area (Å²) in [6, 6.07) is 12.4. The number of nitrogens with one attached hydrogen (secondary N) is 3. The van der Waals surface area contributed by atoms with Gasteiger partial charge in [-0.1, -0.05) is 0 Å². The van der Waals surface area contributed by atoms with Gasteiger partial charge in [-0.15, -0.1) is 0 Å². The van der Waals surface area contributed by atoms with Crippen molar-refractivity contribution in [3.63, 3.8) is 0 Å². The third-order valence-corrected chi connectivity index (χ3v) is 10.1. The first kappa shape index (κ1) is 56.1. The molecule has 0 unspecified atom stereocenters. The van der Waals surface area contributed by atoms with Crippen molar-refractivity contribution in [1.29, 1.82) is 0 Å². The summed E-state index contributed by atoms with van der Waals surface area (Å²) in [5.41, 5.74) is 10.1. The molecule has 0 atom stereocenters. The van der Waals surface area contributed by atoms with Gasteiger partial charge in [0.15, 0.2) is 46.0 Å². The third-order valence-electron chi connectivity index (χ3n) is 9.93. The molecule has 6 rings (SSSR count). The largest absolute Gasteiger partial charge is 0.493 e. The van der Waals surface area contributed by atoms with E-state index in [9.17, 15) is 28.8 Å². The van der Waals surface area contributed by atoms with Crippen molar-refractivity contribution in [1.82, 2.24) is 21.3 Å². The van der Waals surface area contributed by atoms with Gasteiger partial charge in [0.05, 0.1) is 34.0 Å². The Morgan fingerprint density at radius 2 is 0.958 bits per heavy atom. The molecule has 3 N–H and O–H groups in total. The van der Waals surface area contributed by atoms with E-state index >= 15 is 0 Å². The Morgan fingerprint density at radius 3 is 1.31 bits per heavy atom. The average Bonchev–Trinajstić information content (AvgIpc) is 3.32. The molecule has 0 saturated carbocycles. The predicted octanol–water partition coefficient (Wildman–Crippen LogP) is 7.10. The molecule has 0 radical (unpaired) electrons. The molecular weight excluding hydrogens is 948 g/mol. The molecule has 0 aromatic heterocycles. The van der Waals surface area contributed by atoms with Gasteiger partial charge < -0.3 is 47.4 Å². The molecule has 0 saturated heterocycles. The minimum absolute atomic E-state index is 0.0531. The van der Waals surface area contributed by atoms with E-state index in [2.05, 4.69) is 16.3 Å². The highest BCUT2D eigenvalue weighted by atomic mass is 35.5. The highest BCUT2D eigenvalue weighted by Gasteiger charge is 2.33. The van der Waals surface area contributed by atoms with Crippen LogP contribution in [0.3, 0.4) is 0 Å². The average molecular weight is 1010 g/mol. The molecule has 2 heterocycles. The Morgan fingerprint density at radius 1 is 0.577 bits per heavy atom. The Labute approximate surface area is 417 Å². The van der Waals surface area contributed by atoms with Crippen molar-refractivity contribution in [2.75, 3.05) is 54.9 Å². The fraction of sp³-hybridized carbons (Fsp3) is 0.400. The van der Waals surface area contributed by atoms with Gasteiger partial charge in [-0.05, 0) is 116 Å². The number of ether oxygens (including phenoxy) is 10. The first-order chi connectivity index (χ1) is 33.3. The summed E-state index contributed by atoms with van der Waals surface area (Å²) in [6.07, 6.45) is 0. The molecule has 4 aromatic carbocycles. The van der Waals surface area contributed by atoms with Crippen LogP contribution in [0.4, 0.5) is 0 Å². The van der Waals surface area contributed by atoms with Crippen molar-refractivity contribution in [3.05, 3.63) is 81.9 Å². The summed E-state index contributed by atoms with van der Waals surface area (Å²) >= 11 is 5.36. The number of carbonyl (C=O) groups is 6. The van der Waals surface area contributed by atoms with Crippen molar-refractivity contribution in [2.45, 2.75) is 80.3 Å². The minimum atomic E-state index is -0.802. The number of benzene rings is 4. The Bertz CT molecular complexity index is 2590. The van der Waals surface area contributed by atoms with Crippen molar-refractivity contribution >= 4 is 46.5 Å². The maximum atomic E-state index is 13.6. The molecule has 0 bridgehead atoms. The first-order valence-corrected chi connectivity index (χ1v) is 22.3. The molecule has 21 heteroatoms. The van der Waals surface area contributed by atoms with Crippen LogP contribution < -0.4 is 63.6 Å². The van der Waals surface area contributed by atoms with Gasteiger partial charge >= 0.3 is 11.9 Å². The van der Waals surface area contributed by atoms with Gasteiger partial charge in [0.2, 0.25) is 11.5 Å². The van der Waals surface area contributed by atoms with Gasteiger partial charge in [0, 0.05) is 52.8 Å². The zero-order valence-corrected chi connectivity index (χ0v) is 43.1. The molecule has 2 aliphatic heterocycles. The molecule has 0 aliphatic carbocycles. The number of nitrogens with zero attached hydrogens (tertiary/aromatic N) is 1.